The van der Waals surface area contributed by atoms with Crippen molar-refractivity contribution in [3.05, 3.63) is 30.3 Å². The maximum absolute atomic E-state index is 10.2. The van der Waals surface area contributed by atoms with E-state index >= 15 is 0 Å². The van der Waals surface area contributed by atoms with Crippen LogP contribution in [-0.4, -0.2) is 75.7 Å². The van der Waals surface area contributed by atoms with Gasteiger partial charge in [-0.3, -0.25) is 0 Å². The Morgan fingerprint density at radius 3 is 2.13 bits per heavy atom. The molecule has 76 valence electrons. The molecule has 0 radical (unpaired) electrons. The van der Waals surface area contributed by atoms with Gasteiger partial charge >= 0.3 is 66.9 Å². The van der Waals surface area contributed by atoms with Gasteiger partial charge in [-0.2, -0.15) is 0 Å². The molecule has 0 aliphatic rings. The van der Waals surface area contributed by atoms with Gasteiger partial charge in [0.1, 0.15) is 5.75 Å². The molecule has 5 nitrogen and oxygen atoms in total. The molecule has 0 saturated heterocycles. The summed E-state index contributed by atoms with van der Waals surface area (Å²) in [4.78, 5) is 16.6. The maximum atomic E-state index is 10.2. The molecule has 0 atom stereocenters. The van der Waals surface area contributed by atoms with Crippen LogP contribution in [0, 0.1) is 0 Å². The Hall–Kier alpha value is 1.13. The van der Waals surface area contributed by atoms with E-state index in [4.69, 9.17) is 14.5 Å². The molecule has 0 heterocycles. The molecule has 0 aliphatic heterocycles. The van der Waals surface area contributed by atoms with Crippen molar-refractivity contribution in [1.29, 1.82) is 0 Å². The molecule has 0 aliphatic carbocycles. The van der Waals surface area contributed by atoms with Crippen molar-refractivity contribution in [2.24, 2.45) is 0 Å². The summed E-state index contributed by atoms with van der Waals surface area (Å²) in [6.07, 6.45) is 0. The third-order valence-electron chi connectivity index (χ3n) is 1.19. The van der Waals surface area contributed by atoms with Gasteiger partial charge in [0.25, 0.3) is 0 Å². The molecule has 1 aromatic carbocycles. The number of phosphoric ester groups is 1. The first-order valence-corrected chi connectivity index (χ1v) is 4.99. The molecule has 0 spiro atoms. The van der Waals surface area contributed by atoms with Crippen LogP contribution in [0.25, 0.3) is 0 Å². The second kappa shape index (κ2) is 9.19. The minimum atomic E-state index is -4.43. The van der Waals surface area contributed by atoms with Crippen LogP contribution >= 0.6 is 7.82 Å². The van der Waals surface area contributed by atoms with E-state index in [2.05, 4.69) is 4.52 Å². The van der Waals surface area contributed by atoms with E-state index in [9.17, 15) is 4.57 Å². The topological polar surface area (TPSA) is 76.0 Å². The van der Waals surface area contributed by atoms with E-state index in [0.29, 0.717) is 5.75 Å². The molecule has 0 unspecified atom stereocenters. The van der Waals surface area contributed by atoms with Crippen LogP contribution in [0.4, 0.5) is 0 Å². The molecule has 1 aromatic rings. The third-order valence-corrected chi connectivity index (χ3v) is 1.63. The van der Waals surface area contributed by atoms with Gasteiger partial charge in [-0.25, -0.2) is 9.09 Å². The van der Waals surface area contributed by atoms with Crippen LogP contribution in [-0.2, 0) is 9.09 Å². The van der Waals surface area contributed by atoms with Gasteiger partial charge in [-0.05, 0) is 12.1 Å². The summed E-state index contributed by atoms with van der Waals surface area (Å²) in [5, 5.41) is 0. The molecule has 0 aromatic heterocycles. The van der Waals surface area contributed by atoms with Crippen molar-refractivity contribution in [3.63, 3.8) is 0 Å². The quantitative estimate of drug-likeness (QED) is 0.442. The third kappa shape index (κ3) is 10.0. The van der Waals surface area contributed by atoms with Crippen LogP contribution < -0.4 is 4.74 Å². The average molecular weight is 252 g/mol. The van der Waals surface area contributed by atoms with Crippen LogP contribution in [0.3, 0.4) is 0 Å². The summed E-state index contributed by atoms with van der Waals surface area (Å²) in [5.74, 6) is 0.496. The van der Waals surface area contributed by atoms with Gasteiger partial charge in [0.05, 0.1) is 0 Å². The molecule has 2 N–H and O–H groups in total. The van der Waals surface area contributed by atoms with Crippen LogP contribution in [0.15, 0.2) is 30.3 Å². The van der Waals surface area contributed by atoms with Crippen LogP contribution in [0.5, 0.6) is 5.75 Å². The molecule has 0 fully saturated rings. The van der Waals surface area contributed by atoms with Crippen molar-refractivity contribution in [1.82, 2.24) is 0 Å². The first-order chi connectivity index (χ1) is 6.08. The number of rotatable bonds is 4. The normalized spacial score (nSPS) is 9.73. The van der Waals surface area contributed by atoms with Crippen LogP contribution in [0.2, 0.25) is 0 Å². The number of hydrogen-bond acceptors (Lipinski definition) is 3. The summed E-state index contributed by atoms with van der Waals surface area (Å²) in [6, 6.07) is 8.60. The van der Waals surface area contributed by atoms with E-state index in [1.54, 1.807) is 30.3 Å². The zero-order valence-corrected chi connectivity index (χ0v) is 7.55. The van der Waals surface area contributed by atoms with Crippen molar-refractivity contribution >= 4 is 66.9 Å². The number of ether oxygens (including phenoxy) is 1. The molecule has 0 saturated carbocycles. The molecule has 15 heavy (non-hydrogen) atoms. The molecule has 0 bridgehead atoms. The molecule has 0 amide bonds. The second-order valence-electron chi connectivity index (χ2n) is 2.19. The molecular weight excluding hydrogens is 241 g/mol. The number of para-hydroxylation sites is 1. The van der Waals surface area contributed by atoms with Crippen molar-refractivity contribution in [2.45, 2.75) is 0 Å². The zero-order chi connectivity index (χ0) is 9.73. The summed E-state index contributed by atoms with van der Waals surface area (Å²) in [5.41, 5.74) is 0. The van der Waals surface area contributed by atoms with E-state index in [-0.39, 0.29) is 59.1 Å². The number of hydrogen-bond donors (Lipinski definition) is 2. The fourth-order valence-corrected chi connectivity index (χ4v) is 0.870. The number of benzene rings is 1. The SMILES string of the molecule is O=P(O)(O)OCOc1ccccc1.[NaH].[NaH]. The van der Waals surface area contributed by atoms with Crippen molar-refractivity contribution in [3.8, 4) is 5.75 Å². The molecular formula is C7H11Na2O5P. The fraction of sp³-hybridized carbons (Fsp3) is 0.143. The van der Waals surface area contributed by atoms with Crippen molar-refractivity contribution in [2.75, 3.05) is 6.79 Å². The second-order valence-corrected chi connectivity index (χ2v) is 3.43. The van der Waals surface area contributed by atoms with Gasteiger partial charge in [-0.1, -0.05) is 18.2 Å². The Labute approximate surface area is 132 Å². The predicted molar refractivity (Wildman–Crippen MR) is 59.4 cm³/mol. The van der Waals surface area contributed by atoms with Crippen molar-refractivity contribution < 1.29 is 23.6 Å². The summed E-state index contributed by atoms with van der Waals surface area (Å²) in [6.45, 7) is -0.464. The van der Waals surface area contributed by atoms with Crippen LogP contribution in [0.1, 0.15) is 0 Å². The Kier molecular flexibility index (Phi) is 11.3. The van der Waals surface area contributed by atoms with E-state index < -0.39 is 14.6 Å². The average Bonchev–Trinajstić information content (AvgIpc) is 2.04. The first-order valence-electron chi connectivity index (χ1n) is 3.46. The number of phosphoric acid groups is 1. The Morgan fingerprint density at radius 1 is 1.13 bits per heavy atom. The standard InChI is InChI=1S/C7H9O5P.2Na.2H/c8-13(9,10)12-6-11-7-4-2-1-3-5-7;;;;/h1-5H,6H2,(H2,8,9,10);;;;. The molecule has 1 rings (SSSR count). The van der Waals surface area contributed by atoms with Gasteiger partial charge in [-0.15, -0.1) is 0 Å². The van der Waals surface area contributed by atoms with Gasteiger partial charge in [0, 0.05) is 0 Å². The fourth-order valence-electron chi connectivity index (χ4n) is 0.680. The predicted octanol–water partition coefficient (Wildman–Crippen LogP) is -0.165. The summed E-state index contributed by atoms with van der Waals surface area (Å²) < 4.78 is 19.2. The monoisotopic (exact) mass is 252 g/mol. The Bertz CT molecular complexity index is 302. The van der Waals surface area contributed by atoms with E-state index in [0.717, 1.165) is 0 Å². The van der Waals surface area contributed by atoms with Gasteiger partial charge in [0.2, 0.25) is 0 Å². The van der Waals surface area contributed by atoms with Gasteiger partial charge < -0.3 is 14.5 Å². The Morgan fingerprint density at radius 2 is 1.67 bits per heavy atom. The summed E-state index contributed by atoms with van der Waals surface area (Å²) >= 11 is 0. The first kappa shape index (κ1) is 18.5. The van der Waals surface area contributed by atoms with E-state index in [1.165, 1.54) is 0 Å². The van der Waals surface area contributed by atoms with E-state index in [1.807, 2.05) is 0 Å². The van der Waals surface area contributed by atoms with Gasteiger partial charge in [0.15, 0.2) is 6.79 Å². The minimum absolute atomic E-state index is 0. The zero-order valence-electron chi connectivity index (χ0n) is 6.66. The Balaban J connectivity index is 0. The molecule has 8 heteroatoms. The summed E-state index contributed by atoms with van der Waals surface area (Å²) in [7, 11) is -4.43.